The van der Waals surface area contributed by atoms with Crippen molar-refractivity contribution in [3.63, 3.8) is 0 Å². The molecule has 2 unspecified atom stereocenters. The van der Waals surface area contributed by atoms with Gasteiger partial charge in [-0.25, -0.2) is 0 Å². The predicted molar refractivity (Wildman–Crippen MR) is 42.0 cm³/mol. The van der Waals surface area contributed by atoms with Crippen molar-refractivity contribution in [1.82, 2.24) is 10.6 Å². The maximum atomic E-state index is 3.55. The third kappa shape index (κ3) is 1.32. The number of rotatable bonds is 0. The van der Waals surface area contributed by atoms with Crippen LogP contribution in [0.1, 0.15) is 25.7 Å². The van der Waals surface area contributed by atoms with Crippen LogP contribution in [0.25, 0.3) is 0 Å². The maximum Gasteiger partial charge on any atom is 0.0207 e. The second-order valence-electron chi connectivity index (χ2n) is 3.49. The van der Waals surface area contributed by atoms with Crippen molar-refractivity contribution in [2.45, 2.75) is 37.8 Å². The van der Waals surface area contributed by atoms with Crippen LogP contribution in [0.4, 0.5) is 0 Å². The average molecular weight is 140 g/mol. The Hall–Kier alpha value is -0.0800. The van der Waals surface area contributed by atoms with E-state index in [1.807, 2.05) is 0 Å². The van der Waals surface area contributed by atoms with Crippen molar-refractivity contribution in [2.75, 3.05) is 13.1 Å². The van der Waals surface area contributed by atoms with Gasteiger partial charge >= 0.3 is 0 Å². The van der Waals surface area contributed by atoms with E-state index in [2.05, 4.69) is 10.6 Å². The summed E-state index contributed by atoms with van der Waals surface area (Å²) in [5, 5.41) is 7.09. The molecule has 0 amide bonds. The molecule has 58 valence electrons. The van der Waals surface area contributed by atoms with Gasteiger partial charge in [0.2, 0.25) is 0 Å². The summed E-state index contributed by atoms with van der Waals surface area (Å²) < 4.78 is 0. The van der Waals surface area contributed by atoms with Crippen LogP contribution < -0.4 is 10.6 Å². The molecule has 0 aromatic heterocycles. The molecule has 2 saturated heterocycles. The van der Waals surface area contributed by atoms with E-state index < -0.39 is 0 Å². The highest BCUT2D eigenvalue weighted by Crippen LogP contribution is 2.15. The highest BCUT2D eigenvalue weighted by atomic mass is 15.1. The lowest BCUT2D eigenvalue weighted by molar-refractivity contribution is 0.453. The van der Waals surface area contributed by atoms with Crippen LogP contribution in [-0.2, 0) is 0 Å². The molecule has 10 heavy (non-hydrogen) atoms. The van der Waals surface area contributed by atoms with E-state index in [-0.39, 0.29) is 0 Å². The molecule has 2 aliphatic heterocycles. The molecule has 2 nitrogen and oxygen atoms in total. The molecule has 0 radical (unpaired) electrons. The van der Waals surface area contributed by atoms with E-state index in [4.69, 9.17) is 0 Å². The predicted octanol–water partition coefficient (Wildman–Crippen LogP) is 0.490. The zero-order valence-corrected chi connectivity index (χ0v) is 6.40. The Morgan fingerprint density at radius 1 is 1.00 bits per heavy atom. The van der Waals surface area contributed by atoms with Crippen molar-refractivity contribution in [3.8, 4) is 0 Å². The Labute approximate surface area is 62.4 Å². The molecule has 2 heterocycles. The Bertz CT molecular complexity index is 102. The van der Waals surface area contributed by atoms with E-state index in [9.17, 15) is 0 Å². The number of hydrogen-bond donors (Lipinski definition) is 2. The highest BCUT2D eigenvalue weighted by Gasteiger charge is 2.24. The lowest BCUT2D eigenvalue weighted by Crippen LogP contribution is -2.31. The lowest BCUT2D eigenvalue weighted by atomic mass is 10.0. The Kier molecular flexibility index (Phi) is 1.91. The minimum atomic E-state index is 0.783. The molecule has 0 aliphatic carbocycles. The highest BCUT2D eigenvalue weighted by molar-refractivity contribution is 4.87. The van der Waals surface area contributed by atoms with E-state index in [1.54, 1.807) is 0 Å². The van der Waals surface area contributed by atoms with Gasteiger partial charge in [-0.1, -0.05) is 6.42 Å². The lowest BCUT2D eigenvalue weighted by Gasteiger charge is -2.15. The second kappa shape index (κ2) is 2.89. The standard InChI is InChI=1S/C8H16N2/c1-2-4-9-8-5-7(3-1)10-6-8/h7-10H,1-6H2. The van der Waals surface area contributed by atoms with Crippen LogP contribution in [0.3, 0.4) is 0 Å². The summed E-state index contributed by atoms with van der Waals surface area (Å²) in [4.78, 5) is 0. The van der Waals surface area contributed by atoms with Crippen molar-refractivity contribution in [3.05, 3.63) is 0 Å². The number of fused-ring (bicyclic) bond motifs is 2. The first-order valence-corrected chi connectivity index (χ1v) is 4.42. The topological polar surface area (TPSA) is 24.1 Å². The van der Waals surface area contributed by atoms with Gasteiger partial charge in [-0.2, -0.15) is 0 Å². The molecule has 2 fully saturated rings. The minimum Gasteiger partial charge on any atom is -0.313 e. The van der Waals surface area contributed by atoms with E-state index in [0.717, 1.165) is 12.1 Å². The van der Waals surface area contributed by atoms with Gasteiger partial charge in [0.25, 0.3) is 0 Å². The summed E-state index contributed by atoms with van der Waals surface area (Å²) in [5.41, 5.74) is 0. The molecule has 2 bridgehead atoms. The van der Waals surface area contributed by atoms with E-state index in [1.165, 1.54) is 38.8 Å². The van der Waals surface area contributed by atoms with Crippen molar-refractivity contribution in [2.24, 2.45) is 0 Å². The van der Waals surface area contributed by atoms with Gasteiger partial charge in [0.1, 0.15) is 0 Å². The Morgan fingerprint density at radius 3 is 3.00 bits per heavy atom. The van der Waals surface area contributed by atoms with E-state index in [0.29, 0.717) is 0 Å². The number of hydrogen-bond acceptors (Lipinski definition) is 2. The third-order valence-corrected chi connectivity index (χ3v) is 2.63. The zero-order valence-electron chi connectivity index (χ0n) is 6.40. The summed E-state index contributed by atoms with van der Waals surface area (Å²) in [6, 6.07) is 1.61. The summed E-state index contributed by atoms with van der Waals surface area (Å²) >= 11 is 0. The van der Waals surface area contributed by atoms with Gasteiger partial charge in [-0.05, 0) is 25.8 Å². The van der Waals surface area contributed by atoms with Crippen LogP contribution in [0.2, 0.25) is 0 Å². The summed E-state index contributed by atoms with van der Waals surface area (Å²) in [6.07, 6.45) is 5.53. The van der Waals surface area contributed by atoms with Crippen LogP contribution in [0, 0.1) is 0 Å². The van der Waals surface area contributed by atoms with Crippen LogP contribution in [-0.4, -0.2) is 25.2 Å². The normalized spacial score (nSPS) is 40.8. The Morgan fingerprint density at radius 2 is 2.00 bits per heavy atom. The van der Waals surface area contributed by atoms with E-state index >= 15 is 0 Å². The average Bonchev–Trinajstić information content (AvgIpc) is 2.30. The summed E-state index contributed by atoms with van der Waals surface area (Å²) in [7, 11) is 0. The molecule has 0 spiro atoms. The Balaban J connectivity index is 1.91. The molecule has 2 aliphatic rings. The molecule has 2 atom stereocenters. The van der Waals surface area contributed by atoms with Crippen LogP contribution >= 0.6 is 0 Å². The zero-order chi connectivity index (χ0) is 6.81. The maximum absolute atomic E-state index is 3.55. The first-order chi connectivity index (χ1) is 4.95. The fourth-order valence-corrected chi connectivity index (χ4v) is 2.02. The minimum absolute atomic E-state index is 0.783. The molecule has 0 aromatic carbocycles. The smallest absolute Gasteiger partial charge is 0.0207 e. The van der Waals surface area contributed by atoms with Gasteiger partial charge in [0.05, 0.1) is 0 Å². The van der Waals surface area contributed by atoms with Crippen molar-refractivity contribution >= 4 is 0 Å². The van der Waals surface area contributed by atoms with Gasteiger partial charge in [-0.3, -0.25) is 0 Å². The second-order valence-corrected chi connectivity index (χ2v) is 3.49. The molecule has 2 N–H and O–H groups in total. The van der Waals surface area contributed by atoms with Crippen LogP contribution in [0.5, 0.6) is 0 Å². The molecule has 2 heteroatoms. The quantitative estimate of drug-likeness (QED) is 0.511. The summed E-state index contributed by atoms with van der Waals surface area (Å²) in [5.74, 6) is 0. The van der Waals surface area contributed by atoms with Crippen molar-refractivity contribution in [1.29, 1.82) is 0 Å². The van der Waals surface area contributed by atoms with Gasteiger partial charge < -0.3 is 10.6 Å². The van der Waals surface area contributed by atoms with Crippen LogP contribution in [0.15, 0.2) is 0 Å². The van der Waals surface area contributed by atoms with Gasteiger partial charge in [-0.15, -0.1) is 0 Å². The largest absolute Gasteiger partial charge is 0.313 e. The summed E-state index contributed by atoms with van der Waals surface area (Å²) in [6.45, 7) is 2.43. The SMILES string of the molecule is C1CCC2CC(CN2)NC1. The molecule has 0 saturated carbocycles. The molecular weight excluding hydrogens is 124 g/mol. The molecular formula is C8H16N2. The third-order valence-electron chi connectivity index (χ3n) is 2.63. The fraction of sp³-hybridized carbons (Fsp3) is 1.00. The first kappa shape index (κ1) is 6.62. The molecule has 2 rings (SSSR count). The number of nitrogens with one attached hydrogen (secondary N) is 2. The van der Waals surface area contributed by atoms with Gasteiger partial charge in [0, 0.05) is 18.6 Å². The first-order valence-electron chi connectivity index (χ1n) is 4.42. The van der Waals surface area contributed by atoms with Gasteiger partial charge in [0.15, 0.2) is 0 Å². The fourth-order valence-electron chi connectivity index (χ4n) is 2.02. The molecule has 0 aromatic rings. The van der Waals surface area contributed by atoms with Crippen molar-refractivity contribution < 1.29 is 0 Å². The monoisotopic (exact) mass is 140 g/mol.